The molecule has 0 aliphatic heterocycles. The quantitative estimate of drug-likeness (QED) is 0.794. The van der Waals surface area contributed by atoms with Crippen LogP contribution in [0.4, 0.5) is 0 Å². The van der Waals surface area contributed by atoms with E-state index in [4.69, 9.17) is 11.6 Å². The van der Waals surface area contributed by atoms with Crippen molar-refractivity contribution in [2.45, 2.75) is 33.6 Å². The molecule has 0 radical (unpaired) electrons. The van der Waals surface area contributed by atoms with Gasteiger partial charge >= 0.3 is 0 Å². The molecule has 3 nitrogen and oxygen atoms in total. The Labute approximate surface area is 95.4 Å². The average molecular weight is 229 g/mol. The number of Topliss-reactive ketones (excluding diaryl/α,β-unsaturated/α-hetero) is 1. The van der Waals surface area contributed by atoms with Crippen LogP contribution in [0, 0.1) is 12.8 Å². The Morgan fingerprint density at radius 2 is 2.13 bits per heavy atom. The molecule has 0 saturated heterocycles. The van der Waals surface area contributed by atoms with Gasteiger partial charge in [0.2, 0.25) is 0 Å². The van der Waals surface area contributed by atoms with Gasteiger partial charge in [0.15, 0.2) is 0 Å². The van der Waals surface area contributed by atoms with E-state index in [1.165, 1.54) is 0 Å². The Balaban J connectivity index is 2.76. The van der Waals surface area contributed by atoms with Crippen LogP contribution in [0.5, 0.6) is 0 Å². The zero-order valence-electron chi connectivity index (χ0n) is 9.67. The zero-order chi connectivity index (χ0) is 11.6. The van der Waals surface area contributed by atoms with Crippen LogP contribution in [0.15, 0.2) is 0 Å². The van der Waals surface area contributed by atoms with Gasteiger partial charge in [-0.05, 0) is 12.8 Å². The minimum Gasteiger partial charge on any atom is -0.299 e. The van der Waals surface area contributed by atoms with Crippen molar-refractivity contribution in [1.29, 1.82) is 0 Å². The highest BCUT2D eigenvalue weighted by Gasteiger charge is 2.15. The van der Waals surface area contributed by atoms with E-state index in [1.54, 1.807) is 11.7 Å². The molecule has 0 aliphatic rings. The Kier molecular flexibility index (Phi) is 3.91. The molecule has 1 rings (SSSR count). The van der Waals surface area contributed by atoms with Gasteiger partial charge in [-0.1, -0.05) is 25.4 Å². The fourth-order valence-electron chi connectivity index (χ4n) is 1.60. The van der Waals surface area contributed by atoms with Gasteiger partial charge in [-0.25, -0.2) is 0 Å². The number of rotatable bonds is 4. The molecule has 0 fully saturated rings. The van der Waals surface area contributed by atoms with Crippen molar-refractivity contribution in [3.63, 3.8) is 0 Å². The second-order valence-corrected chi connectivity index (χ2v) is 4.65. The monoisotopic (exact) mass is 228 g/mol. The first kappa shape index (κ1) is 12.2. The molecule has 0 bridgehead atoms. The lowest BCUT2D eigenvalue weighted by atomic mass is 10.0. The standard InChI is InChI=1S/C11H17ClN2O/c1-7(2)5-9(15)6-10-8(3)13-14(4)11(10)12/h7H,5-6H2,1-4H3. The molecule has 1 aromatic rings. The summed E-state index contributed by atoms with van der Waals surface area (Å²) in [6.07, 6.45) is 1.00. The number of hydrogen-bond acceptors (Lipinski definition) is 2. The van der Waals surface area contributed by atoms with Crippen molar-refractivity contribution >= 4 is 17.4 Å². The molecule has 0 spiro atoms. The van der Waals surface area contributed by atoms with Crippen LogP contribution < -0.4 is 0 Å². The molecule has 15 heavy (non-hydrogen) atoms. The number of hydrogen-bond donors (Lipinski definition) is 0. The van der Waals surface area contributed by atoms with Crippen LogP contribution in [0.3, 0.4) is 0 Å². The van der Waals surface area contributed by atoms with E-state index >= 15 is 0 Å². The van der Waals surface area contributed by atoms with Crippen molar-refractivity contribution in [2.24, 2.45) is 13.0 Å². The molecule has 0 aromatic carbocycles. The van der Waals surface area contributed by atoms with Gasteiger partial charge in [-0.3, -0.25) is 9.48 Å². The largest absolute Gasteiger partial charge is 0.299 e. The molecule has 0 amide bonds. The van der Waals surface area contributed by atoms with Crippen LogP contribution in [-0.4, -0.2) is 15.6 Å². The highest BCUT2D eigenvalue weighted by Crippen LogP contribution is 2.20. The molecule has 1 heterocycles. The molecule has 0 aliphatic carbocycles. The van der Waals surface area contributed by atoms with Crippen LogP contribution in [-0.2, 0) is 18.3 Å². The summed E-state index contributed by atoms with van der Waals surface area (Å²) in [5, 5.41) is 4.75. The highest BCUT2D eigenvalue weighted by atomic mass is 35.5. The van der Waals surface area contributed by atoms with Gasteiger partial charge in [-0.15, -0.1) is 0 Å². The number of nitrogens with zero attached hydrogens (tertiary/aromatic N) is 2. The van der Waals surface area contributed by atoms with E-state index in [0.717, 1.165) is 11.3 Å². The van der Waals surface area contributed by atoms with Gasteiger partial charge in [0, 0.05) is 25.5 Å². The van der Waals surface area contributed by atoms with E-state index in [9.17, 15) is 4.79 Å². The molecule has 0 unspecified atom stereocenters. The first-order chi connectivity index (χ1) is 6.91. The molecular weight excluding hydrogens is 212 g/mol. The van der Waals surface area contributed by atoms with Gasteiger partial charge in [0.05, 0.1) is 5.69 Å². The molecule has 0 saturated carbocycles. The Morgan fingerprint density at radius 3 is 2.53 bits per heavy atom. The van der Waals surface area contributed by atoms with Crippen molar-refractivity contribution in [1.82, 2.24) is 9.78 Å². The minimum atomic E-state index is 0.225. The Hall–Kier alpha value is -0.830. The summed E-state index contributed by atoms with van der Waals surface area (Å²) < 4.78 is 1.61. The van der Waals surface area contributed by atoms with E-state index in [2.05, 4.69) is 5.10 Å². The van der Waals surface area contributed by atoms with Gasteiger partial charge in [-0.2, -0.15) is 5.10 Å². The highest BCUT2D eigenvalue weighted by molar-refractivity contribution is 6.30. The van der Waals surface area contributed by atoms with Crippen molar-refractivity contribution in [3.8, 4) is 0 Å². The number of ketones is 1. The first-order valence-electron chi connectivity index (χ1n) is 5.11. The van der Waals surface area contributed by atoms with Gasteiger partial charge < -0.3 is 0 Å². The summed E-state index contributed by atoms with van der Waals surface area (Å²) >= 11 is 6.04. The average Bonchev–Trinajstić information content (AvgIpc) is 2.31. The maximum Gasteiger partial charge on any atom is 0.137 e. The number of carbonyl (C=O) groups is 1. The third-order valence-corrected chi connectivity index (χ3v) is 2.75. The molecule has 0 atom stereocenters. The van der Waals surface area contributed by atoms with Gasteiger partial charge in [0.1, 0.15) is 10.9 Å². The summed E-state index contributed by atoms with van der Waals surface area (Å²) in [6, 6.07) is 0. The van der Waals surface area contributed by atoms with E-state index < -0.39 is 0 Å². The fraction of sp³-hybridized carbons (Fsp3) is 0.636. The zero-order valence-corrected chi connectivity index (χ0v) is 10.4. The SMILES string of the molecule is Cc1nn(C)c(Cl)c1CC(=O)CC(C)C. The predicted octanol–water partition coefficient (Wildman–Crippen LogP) is 2.54. The fourth-order valence-corrected chi connectivity index (χ4v) is 1.84. The van der Waals surface area contributed by atoms with Crippen LogP contribution in [0.2, 0.25) is 5.15 Å². The molecule has 1 aromatic heterocycles. The van der Waals surface area contributed by atoms with Crippen molar-refractivity contribution in [3.05, 3.63) is 16.4 Å². The summed E-state index contributed by atoms with van der Waals surface area (Å²) in [5.41, 5.74) is 1.71. The lowest BCUT2D eigenvalue weighted by Gasteiger charge is -2.03. The summed E-state index contributed by atoms with van der Waals surface area (Å²) in [4.78, 5) is 11.6. The second kappa shape index (κ2) is 4.79. The topological polar surface area (TPSA) is 34.9 Å². The van der Waals surface area contributed by atoms with Gasteiger partial charge in [0.25, 0.3) is 0 Å². The number of aromatic nitrogens is 2. The van der Waals surface area contributed by atoms with Crippen LogP contribution in [0.1, 0.15) is 31.5 Å². The van der Waals surface area contributed by atoms with Crippen LogP contribution in [0.25, 0.3) is 0 Å². The summed E-state index contributed by atoms with van der Waals surface area (Å²) in [7, 11) is 1.78. The lowest BCUT2D eigenvalue weighted by molar-refractivity contribution is -0.119. The Bertz CT molecular complexity index is 369. The van der Waals surface area contributed by atoms with E-state index in [-0.39, 0.29) is 5.78 Å². The Morgan fingerprint density at radius 1 is 1.53 bits per heavy atom. The number of carbonyl (C=O) groups excluding carboxylic acids is 1. The van der Waals surface area contributed by atoms with E-state index in [1.807, 2.05) is 20.8 Å². The maximum atomic E-state index is 11.6. The van der Waals surface area contributed by atoms with Crippen molar-refractivity contribution < 1.29 is 4.79 Å². The molecular formula is C11H17ClN2O. The maximum absolute atomic E-state index is 11.6. The third kappa shape index (κ3) is 3.06. The normalized spacial score (nSPS) is 11.1. The minimum absolute atomic E-state index is 0.225. The summed E-state index contributed by atoms with van der Waals surface area (Å²) in [6.45, 7) is 5.95. The van der Waals surface area contributed by atoms with E-state index in [0.29, 0.717) is 23.9 Å². The number of halogens is 1. The molecule has 84 valence electrons. The lowest BCUT2D eigenvalue weighted by Crippen LogP contribution is -2.07. The summed E-state index contributed by atoms with van der Waals surface area (Å²) in [5.74, 6) is 0.622. The van der Waals surface area contributed by atoms with Crippen molar-refractivity contribution in [2.75, 3.05) is 0 Å². The molecule has 0 N–H and O–H groups in total. The second-order valence-electron chi connectivity index (χ2n) is 4.29. The predicted molar refractivity (Wildman–Crippen MR) is 61.1 cm³/mol. The smallest absolute Gasteiger partial charge is 0.137 e. The number of aryl methyl sites for hydroxylation is 2. The third-order valence-electron chi connectivity index (χ3n) is 2.28. The van der Waals surface area contributed by atoms with Crippen LogP contribution >= 0.6 is 11.6 Å². The first-order valence-corrected chi connectivity index (χ1v) is 5.49. The molecule has 4 heteroatoms.